The van der Waals surface area contributed by atoms with E-state index < -0.39 is 0 Å². The number of benzene rings is 2. The van der Waals surface area contributed by atoms with Crippen molar-refractivity contribution in [2.24, 2.45) is 0 Å². The summed E-state index contributed by atoms with van der Waals surface area (Å²) >= 11 is 0. The third-order valence-corrected chi connectivity index (χ3v) is 3.64. The van der Waals surface area contributed by atoms with E-state index in [1.54, 1.807) is 0 Å². The van der Waals surface area contributed by atoms with Gasteiger partial charge < -0.3 is 4.40 Å². The summed E-state index contributed by atoms with van der Waals surface area (Å²) in [5.74, 6) is 0. The van der Waals surface area contributed by atoms with Gasteiger partial charge in [0.15, 0.2) is 0 Å². The lowest BCUT2D eigenvalue weighted by Crippen LogP contribution is -1.82. The van der Waals surface area contributed by atoms with Gasteiger partial charge in [-0.2, -0.15) is 0 Å². The van der Waals surface area contributed by atoms with E-state index in [-0.39, 0.29) is 17.0 Å². The molecule has 4 rings (SSSR count). The molecule has 0 fully saturated rings. The number of pyridine rings is 1. The highest BCUT2D eigenvalue weighted by molar-refractivity contribution is 8.93. The summed E-state index contributed by atoms with van der Waals surface area (Å²) < 4.78 is 2.08. The predicted molar refractivity (Wildman–Crippen MR) is 93.2 cm³/mol. The van der Waals surface area contributed by atoms with E-state index in [4.69, 9.17) is 4.98 Å². The van der Waals surface area contributed by atoms with Crippen LogP contribution in [0.5, 0.6) is 0 Å². The van der Waals surface area contributed by atoms with Crippen molar-refractivity contribution in [2.75, 3.05) is 0 Å². The SMILES string of the molecule is Br.Cc1ccc2nc(-c3ccc4ccccc4c3)cn2c1. The average molecular weight is 339 g/mol. The molecule has 0 spiro atoms. The molecular weight excluding hydrogens is 324 g/mol. The summed E-state index contributed by atoms with van der Waals surface area (Å²) in [6, 6.07) is 19.0. The van der Waals surface area contributed by atoms with Crippen LogP contribution in [0.15, 0.2) is 67.0 Å². The van der Waals surface area contributed by atoms with E-state index in [2.05, 4.69) is 78.3 Å². The van der Waals surface area contributed by atoms with Crippen molar-refractivity contribution < 1.29 is 0 Å². The van der Waals surface area contributed by atoms with Gasteiger partial charge in [-0.3, -0.25) is 0 Å². The number of rotatable bonds is 1. The molecule has 4 aromatic rings. The largest absolute Gasteiger partial charge is 0.306 e. The van der Waals surface area contributed by atoms with Crippen LogP contribution in [-0.4, -0.2) is 9.38 Å². The topological polar surface area (TPSA) is 17.3 Å². The Balaban J connectivity index is 0.00000132. The maximum Gasteiger partial charge on any atom is 0.137 e. The van der Waals surface area contributed by atoms with E-state index in [0.29, 0.717) is 0 Å². The molecule has 0 N–H and O–H groups in total. The van der Waals surface area contributed by atoms with Crippen LogP contribution in [0, 0.1) is 6.92 Å². The van der Waals surface area contributed by atoms with Crippen LogP contribution in [0.25, 0.3) is 27.7 Å². The number of aromatic nitrogens is 2. The van der Waals surface area contributed by atoms with Crippen molar-refractivity contribution in [3.8, 4) is 11.3 Å². The van der Waals surface area contributed by atoms with Gasteiger partial charge in [0, 0.05) is 18.0 Å². The van der Waals surface area contributed by atoms with Crippen LogP contribution in [0.1, 0.15) is 5.56 Å². The van der Waals surface area contributed by atoms with Crippen molar-refractivity contribution >= 4 is 33.4 Å². The molecule has 0 bridgehead atoms. The number of hydrogen-bond acceptors (Lipinski definition) is 1. The van der Waals surface area contributed by atoms with Gasteiger partial charge in [0.2, 0.25) is 0 Å². The molecule has 2 nitrogen and oxygen atoms in total. The van der Waals surface area contributed by atoms with E-state index in [9.17, 15) is 0 Å². The lowest BCUT2D eigenvalue weighted by molar-refractivity contribution is 1.16. The molecule has 0 saturated heterocycles. The predicted octanol–water partition coefficient (Wildman–Crippen LogP) is 5.04. The Morgan fingerprint density at radius 3 is 2.52 bits per heavy atom. The number of halogens is 1. The van der Waals surface area contributed by atoms with Crippen molar-refractivity contribution in [1.29, 1.82) is 0 Å². The second-order valence-electron chi connectivity index (χ2n) is 5.16. The molecule has 0 radical (unpaired) electrons. The minimum absolute atomic E-state index is 0. The van der Waals surface area contributed by atoms with Gasteiger partial charge in [-0.15, -0.1) is 17.0 Å². The summed E-state index contributed by atoms with van der Waals surface area (Å²) in [4.78, 5) is 4.69. The Morgan fingerprint density at radius 2 is 1.67 bits per heavy atom. The molecule has 0 unspecified atom stereocenters. The second kappa shape index (κ2) is 5.34. The van der Waals surface area contributed by atoms with Crippen LogP contribution < -0.4 is 0 Å². The highest BCUT2D eigenvalue weighted by atomic mass is 79.9. The van der Waals surface area contributed by atoms with Crippen molar-refractivity contribution in [2.45, 2.75) is 6.92 Å². The summed E-state index contributed by atoms with van der Waals surface area (Å²) in [6.07, 6.45) is 4.19. The summed E-state index contributed by atoms with van der Waals surface area (Å²) in [5.41, 5.74) is 4.39. The first kappa shape index (κ1) is 13.8. The fourth-order valence-electron chi connectivity index (χ4n) is 2.59. The molecule has 2 aromatic carbocycles. The fourth-order valence-corrected chi connectivity index (χ4v) is 2.59. The molecule has 104 valence electrons. The highest BCUT2D eigenvalue weighted by Gasteiger charge is 2.05. The van der Waals surface area contributed by atoms with Crippen LogP contribution in [0.2, 0.25) is 0 Å². The molecular formula is C18H15BrN2. The zero-order valence-electron chi connectivity index (χ0n) is 11.7. The van der Waals surface area contributed by atoms with Gasteiger partial charge in [0.05, 0.1) is 5.69 Å². The normalized spacial score (nSPS) is 10.7. The second-order valence-corrected chi connectivity index (χ2v) is 5.16. The molecule has 2 heterocycles. The van der Waals surface area contributed by atoms with E-state index >= 15 is 0 Å². The zero-order valence-corrected chi connectivity index (χ0v) is 13.4. The van der Waals surface area contributed by atoms with Crippen LogP contribution >= 0.6 is 17.0 Å². The Hall–Kier alpha value is -2.13. The molecule has 3 heteroatoms. The van der Waals surface area contributed by atoms with Crippen molar-refractivity contribution in [1.82, 2.24) is 9.38 Å². The van der Waals surface area contributed by atoms with Gasteiger partial charge >= 0.3 is 0 Å². The van der Waals surface area contributed by atoms with E-state index in [1.807, 2.05) is 0 Å². The summed E-state index contributed by atoms with van der Waals surface area (Å²) in [7, 11) is 0. The lowest BCUT2D eigenvalue weighted by Gasteiger charge is -2.00. The third kappa shape index (κ3) is 2.45. The molecule has 0 saturated carbocycles. The van der Waals surface area contributed by atoms with Crippen LogP contribution in [0.4, 0.5) is 0 Å². The van der Waals surface area contributed by atoms with Gasteiger partial charge in [-0.05, 0) is 35.4 Å². The Labute approximate surface area is 133 Å². The van der Waals surface area contributed by atoms with Crippen molar-refractivity contribution in [3.05, 3.63) is 72.6 Å². The maximum atomic E-state index is 4.69. The standard InChI is InChI=1S/C18H14N2.BrH/c1-13-6-9-18-19-17(12-20(18)11-13)16-8-7-14-4-2-3-5-15(14)10-16;/h2-12H,1H3;1H. The molecule has 0 aliphatic heterocycles. The number of fused-ring (bicyclic) bond motifs is 2. The van der Waals surface area contributed by atoms with Crippen LogP contribution in [0.3, 0.4) is 0 Å². The Morgan fingerprint density at radius 1 is 0.857 bits per heavy atom. The summed E-state index contributed by atoms with van der Waals surface area (Å²) in [6.45, 7) is 2.09. The highest BCUT2D eigenvalue weighted by Crippen LogP contribution is 2.24. The molecule has 21 heavy (non-hydrogen) atoms. The molecule has 0 atom stereocenters. The van der Waals surface area contributed by atoms with Crippen LogP contribution in [-0.2, 0) is 0 Å². The molecule has 0 amide bonds. The summed E-state index contributed by atoms with van der Waals surface area (Å²) in [5, 5.41) is 2.51. The average Bonchev–Trinajstić information content (AvgIpc) is 2.89. The minimum atomic E-state index is 0. The van der Waals surface area contributed by atoms with E-state index in [0.717, 1.165) is 16.9 Å². The molecule has 0 aliphatic rings. The Bertz CT molecular complexity index is 925. The van der Waals surface area contributed by atoms with Crippen molar-refractivity contribution in [3.63, 3.8) is 0 Å². The molecule has 0 aliphatic carbocycles. The van der Waals surface area contributed by atoms with Gasteiger partial charge in [-0.1, -0.05) is 42.5 Å². The first-order valence-electron chi connectivity index (χ1n) is 6.74. The number of nitrogens with zero attached hydrogens (tertiary/aromatic N) is 2. The third-order valence-electron chi connectivity index (χ3n) is 3.64. The Kier molecular flexibility index (Phi) is 3.52. The number of imidazole rings is 1. The number of aryl methyl sites for hydroxylation is 1. The first-order chi connectivity index (χ1) is 9.79. The quantitative estimate of drug-likeness (QED) is 0.475. The van der Waals surface area contributed by atoms with Gasteiger partial charge in [-0.25, -0.2) is 4.98 Å². The van der Waals surface area contributed by atoms with Gasteiger partial charge in [0.25, 0.3) is 0 Å². The van der Waals surface area contributed by atoms with Gasteiger partial charge in [0.1, 0.15) is 5.65 Å². The lowest BCUT2D eigenvalue weighted by atomic mass is 10.1. The first-order valence-corrected chi connectivity index (χ1v) is 6.74. The molecule has 2 aromatic heterocycles. The zero-order chi connectivity index (χ0) is 13.5. The maximum absolute atomic E-state index is 4.69. The fraction of sp³-hybridized carbons (Fsp3) is 0.0556. The smallest absolute Gasteiger partial charge is 0.137 e. The minimum Gasteiger partial charge on any atom is -0.306 e. The monoisotopic (exact) mass is 338 g/mol. The number of hydrogen-bond donors (Lipinski definition) is 0. The van der Waals surface area contributed by atoms with E-state index in [1.165, 1.54) is 16.3 Å².